The van der Waals surface area contributed by atoms with E-state index < -0.39 is 0 Å². The van der Waals surface area contributed by atoms with Crippen LogP contribution >= 0.6 is 0 Å². The van der Waals surface area contributed by atoms with E-state index >= 15 is 0 Å². The molecule has 0 N–H and O–H groups in total. The first-order valence-electron chi connectivity index (χ1n) is 19.1. The van der Waals surface area contributed by atoms with Crippen molar-refractivity contribution in [2.45, 2.75) is 0 Å². The van der Waals surface area contributed by atoms with Crippen LogP contribution in [-0.2, 0) is 0 Å². The van der Waals surface area contributed by atoms with E-state index in [2.05, 4.69) is 205 Å². The Hall–Kier alpha value is -7.22. The summed E-state index contributed by atoms with van der Waals surface area (Å²) >= 11 is 0. The van der Waals surface area contributed by atoms with Crippen molar-refractivity contribution in [3.8, 4) is 61.3 Å². The van der Waals surface area contributed by atoms with E-state index in [0.29, 0.717) is 0 Å². The van der Waals surface area contributed by atoms with Crippen LogP contribution in [-0.4, -0.2) is 4.57 Å². The normalized spacial score (nSPS) is 12.0. The van der Waals surface area contributed by atoms with Crippen LogP contribution in [0.3, 0.4) is 0 Å². The molecule has 1 heteroatoms. The first kappa shape index (κ1) is 30.3. The number of fused-ring (bicyclic) bond motifs is 17. The van der Waals surface area contributed by atoms with Crippen molar-refractivity contribution in [2.75, 3.05) is 0 Å². The Labute approximate surface area is 319 Å². The molecule has 0 spiro atoms. The van der Waals surface area contributed by atoms with Gasteiger partial charge in [0.1, 0.15) is 0 Å². The highest BCUT2D eigenvalue weighted by Gasteiger charge is 2.24. The Kier molecular flexibility index (Phi) is 6.40. The van der Waals surface area contributed by atoms with Gasteiger partial charge >= 0.3 is 0 Å². The van der Waals surface area contributed by atoms with Gasteiger partial charge in [-0.3, -0.25) is 0 Å². The summed E-state index contributed by atoms with van der Waals surface area (Å²) in [5.41, 5.74) is 16.0. The number of nitrogens with zero attached hydrogens (tertiary/aromatic N) is 1. The van der Waals surface area contributed by atoms with Gasteiger partial charge in [0.05, 0.1) is 11.0 Å². The zero-order valence-corrected chi connectivity index (χ0v) is 30.0. The minimum Gasteiger partial charge on any atom is -0.309 e. The standard InChI is InChI=1S/C54H33N/c1-3-17-41-37(13-1)39-15-5-7-19-43(39)50-31-34(25-28-45(41)50)35-26-29-47-51(32-35)44-20-8-6-16-40(44)38-14-2-4-18-42(38)46-30-27-36(33-52(46)47)55-53-23-11-9-21-48(53)49-22-10-12-24-54(49)55/h1-33H. The monoisotopic (exact) mass is 695 g/mol. The van der Waals surface area contributed by atoms with Crippen molar-refractivity contribution in [2.24, 2.45) is 0 Å². The van der Waals surface area contributed by atoms with Gasteiger partial charge in [0.15, 0.2) is 0 Å². The van der Waals surface area contributed by atoms with Crippen LogP contribution < -0.4 is 0 Å². The predicted molar refractivity (Wildman–Crippen MR) is 234 cm³/mol. The molecule has 1 aliphatic carbocycles. The minimum atomic E-state index is 1.16. The molecule has 0 amide bonds. The zero-order valence-electron chi connectivity index (χ0n) is 30.0. The first-order chi connectivity index (χ1) is 27.3. The molecule has 55 heavy (non-hydrogen) atoms. The fourth-order valence-corrected chi connectivity index (χ4v) is 9.50. The molecule has 0 saturated heterocycles. The molecule has 12 rings (SSSR count). The summed E-state index contributed by atoms with van der Waals surface area (Å²) in [7, 11) is 0. The lowest BCUT2D eigenvalue weighted by molar-refractivity contribution is 1.18. The molecule has 1 heterocycles. The van der Waals surface area contributed by atoms with Gasteiger partial charge in [-0.15, -0.1) is 0 Å². The van der Waals surface area contributed by atoms with Crippen molar-refractivity contribution < 1.29 is 0 Å². The van der Waals surface area contributed by atoms with Crippen LogP contribution in [0.5, 0.6) is 0 Å². The maximum Gasteiger partial charge on any atom is 0.0541 e. The molecule has 0 aliphatic heterocycles. The van der Waals surface area contributed by atoms with Crippen LogP contribution in [0.15, 0.2) is 200 Å². The molecule has 0 bridgehead atoms. The molecule has 1 nitrogen and oxygen atoms in total. The third-order valence-electron chi connectivity index (χ3n) is 12.0. The fraction of sp³-hybridized carbons (Fsp3) is 0. The average molecular weight is 696 g/mol. The Morgan fingerprint density at radius 1 is 0.218 bits per heavy atom. The van der Waals surface area contributed by atoms with Gasteiger partial charge in [0.25, 0.3) is 0 Å². The molecular weight excluding hydrogens is 663 g/mol. The fourth-order valence-electron chi connectivity index (χ4n) is 9.50. The van der Waals surface area contributed by atoms with E-state index in [1.165, 1.54) is 110 Å². The van der Waals surface area contributed by atoms with Gasteiger partial charge in [-0.1, -0.05) is 164 Å². The second-order valence-corrected chi connectivity index (χ2v) is 14.8. The maximum atomic E-state index is 2.43. The van der Waals surface area contributed by atoms with Crippen LogP contribution in [0, 0.1) is 0 Å². The highest BCUT2D eigenvalue weighted by molar-refractivity contribution is 6.25. The van der Waals surface area contributed by atoms with Crippen molar-refractivity contribution in [1.29, 1.82) is 0 Å². The van der Waals surface area contributed by atoms with Gasteiger partial charge in [-0.2, -0.15) is 0 Å². The largest absolute Gasteiger partial charge is 0.309 e. The Bertz CT molecular complexity index is 3290. The highest BCUT2D eigenvalue weighted by Crippen LogP contribution is 2.49. The van der Waals surface area contributed by atoms with Crippen LogP contribution in [0.4, 0.5) is 0 Å². The Morgan fingerprint density at radius 3 is 1.16 bits per heavy atom. The predicted octanol–water partition coefficient (Wildman–Crippen LogP) is 14.9. The average Bonchev–Trinajstić information content (AvgIpc) is 3.60. The number of hydrogen-bond acceptors (Lipinski definition) is 0. The smallest absolute Gasteiger partial charge is 0.0541 e. The van der Waals surface area contributed by atoms with Crippen LogP contribution in [0.2, 0.25) is 0 Å². The molecule has 0 unspecified atom stereocenters. The van der Waals surface area contributed by atoms with E-state index in [1.54, 1.807) is 0 Å². The molecule has 1 aromatic heterocycles. The lowest BCUT2D eigenvalue weighted by Crippen LogP contribution is -2.00. The highest BCUT2D eigenvalue weighted by atomic mass is 15.0. The third kappa shape index (κ3) is 4.41. The molecule has 11 aromatic rings. The van der Waals surface area contributed by atoms with Crippen molar-refractivity contribution in [3.63, 3.8) is 0 Å². The molecular formula is C54H33N. The van der Waals surface area contributed by atoms with Gasteiger partial charge in [-0.25, -0.2) is 0 Å². The van der Waals surface area contributed by atoms with E-state index in [-0.39, 0.29) is 0 Å². The maximum absolute atomic E-state index is 2.43. The van der Waals surface area contributed by atoms with Gasteiger partial charge in [0, 0.05) is 16.5 Å². The number of rotatable bonds is 2. The van der Waals surface area contributed by atoms with E-state index in [1.807, 2.05) is 0 Å². The summed E-state index contributed by atoms with van der Waals surface area (Å²) in [4.78, 5) is 0. The summed E-state index contributed by atoms with van der Waals surface area (Å²) in [6.45, 7) is 0. The number of benzene rings is 10. The number of para-hydroxylation sites is 2. The summed E-state index contributed by atoms with van der Waals surface area (Å²) < 4.78 is 2.43. The molecule has 10 aromatic carbocycles. The number of hydrogen-bond donors (Lipinski definition) is 0. The lowest BCUT2D eigenvalue weighted by Gasteiger charge is -2.24. The quantitative estimate of drug-likeness (QED) is 0.159. The van der Waals surface area contributed by atoms with Crippen molar-refractivity contribution in [3.05, 3.63) is 200 Å². The van der Waals surface area contributed by atoms with E-state index in [0.717, 1.165) is 5.69 Å². The summed E-state index contributed by atoms with van der Waals surface area (Å²) in [5.74, 6) is 0. The SMILES string of the molecule is c1ccc2c(c1)-c1ccccc1-c1cc(-c3ccc4c5ccccc5c5ccccc5c4c3)ccc1-c1cc(-n3c4ccccc4c4ccccc43)ccc1-2. The Morgan fingerprint density at radius 2 is 0.582 bits per heavy atom. The van der Waals surface area contributed by atoms with E-state index in [4.69, 9.17) is 0 Å². The molecule has 0 fully saturated rings. The number of aromatic nitrogens is 1. The molecule has 1 aliphatic rings. The molecule has 254 valence electrons. The minimum absolute atomic E-state index is 1.16. The topological polar surface area (TPSA) is 4.93 Å². The first-order valence-corrected chi connectivity index (χ1v) is 19.1. The molecule has 0 saturated carbocycles. The van der Waals surface area contributed by atoms with Crippen LogP contribution in [0.1, 0.15) is 0 Å². The van der Waals surface area contributed by atoms with E-state index in [9.17, 15) is 0 Å². The van der Waals surface area contributed by atoms with Crippen molar-refractivity contribution in [1.82, 2.24) is 4.57 Å². The molecule has 0 radical (unpaired) electrons. The van der Waals surface area contributed by atoms with Crippen molar-refractivity contribution >= 4 is 54.1 Å². The molecule has 0 atom stereocenters. The zero-order chi connectivity index (χ0) is 36.0. The summed E-state index contributed by atoms with van der Waals surface area (Å²) in [6.07, 6.45) is 0. The lowest BCUT2D eigenvalue weighted by atomic mass is 9.80. The Balaban J connectivity index is 1.13. The van der Waals surface area contributed by atoms with Gasteiger partial charge < -0.3 is 4.57 Å². The summed E-state index contributed by atoms with van der Waals surface area (Å²) in [6, 6.07) is 74.3. The second-order valence-electron chi connectivity index (χ2n) is 14.8. The van der Waals surface area contributed by atoms with Gasteiger partial charge in [-0.05, 0) is 124 Å². The summed E-state index contributed by atoms with van der Waals surface area (Å²) in [5, 5.41) is 10.3. The van der Waals surface area contributed by atoms with Gasteiger partial charge in [0.2, 0.25) is 0 Å². The van der Waals surface area contributed by atoms with Crippen LogP contribution in [0.25, 0.3) is 115 Å². The second kappa shape index (κ2) is 11.6. The third-order valence-corrected chi connectivity index (χ3v) is 12.0.